The first-order valence-electron chi connectivity index (χ1n) is 8.71. The number of hydrogen-bond donors (Lipinski definition) is 1. The van der Waals surface area contributed by atoms with Gasteiger partial charge in [0.05, 0.1) is 19.9 Å². The van der Waals surface area contributed by atoms with E-state index in [-0.39, 0.29) is 24.3 Å². The van der Waals surface area contributed by atoms with Gasteiger partial charge in [-0.2, -0.15) is 0 Å². The predicted octanol–water partition coefficient (Wildman–Crippen LogP) is 2.85. The van der Waals surface area contributed by atoms with Crippen molar-refractivity contribution in [3.05, 3.63) is 66.3 Å². The van der Waals surface area contributed by atoms with E-state index in [1.165, 1.54) is 0 Å². The highest BCUT2D eigenvalue weighted by Crippen LogP contribution is 2.20. The van der Waals surface area contributed by atoms with Gasteiger partial charge in [-0.1, -0.05) is 11.2 Å². The van der Waals surface area contributed by atoms with Gasteiger partial charge in [-0.05, 0) is 31.2 Å². The molecule has 1 aromatic carbocycles. The Hall–Kier alpha value is -3.55. The minimum Gasteiger partial charge on any atom is -0.497 e. The van der Waals surface area contributed by atoms with Crippen LogP contribution in [0.1, 0.15) is 23.2 Å². The van der Waals surface area contributed by atoms with Crippen molar-refractivity contribution >= 4 is 5.91 Å². The first kappa shape index (κ1) is 19.2. The summed E-state index contributed by atoms with van der Waals surface area (Å²) in [5.74, 6) is 2.05. The Kier molecular flexibility index (Phi) is 6.46. The first-order valence-corrected chi connectivity index (χ1v) is 8.71. The van der Waals surface area contributed by atoms with Crippen molar-refractivity contribution in [2.75, 3.05) is 13.7 Å². The third kappa shape index (κ3) is 5.47. The number of pyridine rings is 1. The van der Waals surface area contributed by atoms with Crippen LogP contribution in [-0.2, 0) is 6.61 Å². The zero-order valence-corrected chi connectivity index (χ0v) is 15.6. The van der Waals surface area contributed by atoms with Crippen LogP contribution in [0.5, 0.6) is 17.2 Å². The lowest BCUT2D eigenvalue weighted by atomic mass is 10.3. The normalized spacial score (nSPS) is 11.5. The van der Waals surface area contributed by atoms with Crippen molar-refractivity contribution in [3.63, 3.8) is 0 Å². The molecule has 3 rings (SSSR count). The maximum Gasteiger partial charge on any atom is 0.273 e. The topological polar surface area (TPSA) is 95.7 Å². The second-order valence-electron chi connectivity index (χ2n) is 5.97. The van der Waals surface area contributed by atoms with Crippen molar-refractivity contribution in [2.24, 2.45) is 0 Å². The van der Waals surface area contributed by atoms with Gasteiger partial charge in [0.1, 0.15) is 30.0 Å². The van der Waals surface area contributed by atoms with E-state index in [1.807, 2.05) is 19.1 Å². The van der Waals surface area contributed by atoms with Gasteiger partial charge in [0.2, 0.25) is 0 Å². The maximum absolute atomic E-state index is 12.2. The molecule has 2 heterocycles. The SMILES string of the molecule is COc1cccc(OCc2cc(C(=O)NC[C@H](C)Oc3cccnc3)no2)c1. The van der Waals surface area contributed by atoms with Crippen LogP contribution in [0, 0.1) is 0 Å². The lowest BCUT2D eigenvalue weighted by Crippen LogP contribution is -2.33. The van der Waals surface area contributed by atoms with Crippen molar-refractivity contribution < 1.29 is 23.5 Å². The molecule has 2 aromatic heterocycles. The minimum atomic E-state index is -0.349. The number of ether oxygens (including phenoxy) is 3. The number of benzene rings is 1. The highest BCUT2D eigenvalue weighted by molar-refractivity contribution is 5.92. The van der Waals surface area contributed by atoms with Gasteiger partial charge in [-0.3, -0.25) is 9.78 Å². The van der Waals surface area contributed by atoms with Crippen molar-refractivity contribution in [3.8, 4) is 17.2 Å². The van der Waals surface area contributed by atoms with Gasteiger partial charge < -0.3 is 24.1 Å². The van der Waals surface area contributed by atoms with E-state index in [0.717, 1.165) is 0 Å². The van der Waals surface area contributed by atoms with Gasteiger partial charge in [-0.15, -0.1) is 0 Å². The van der Waals surface area contributed by atoms with E-state index in [2.05, 4.69) is 15.5 Å². The zero-order chi connectivity index (χ0) is 19.8. The number of carbonyl (C=O) groups is 1. The summed E-state index contributed by atoms with van der Waals surface area (Å²) in [5.41, 5.74) is 0.179. The highest BCUT2D eigenvalue weighted by Gasteiger charge is 2.14. The molecule has 1 N–H and O–H groups in total. The fourth-order valence-corrected chi connectivity index (χ4v) is 2.35. The van der Waals surface area contributed by atoms with E-state index >= 15 is 0 Å². The summed E-state index contributed by atoms with van der Waals surface area (Å²) in [6.07, 6.45) is 3.06. The molecule has 0 spiro atoms. The molecule has 0 saturated heterocycles. The van der Waals surface area contributed by atoms with Crippen molar-refractivity contribution in [1.82, 2.24) is 15.5 Å². The van der Waals surface area contributed by atoms with Crippen LogP contribution < -0.4 is 19.5 Å². The molecule has 0 radical (unpaired) electrons. The Morgan fingerprint density at radius 1 is 1.18 bits per heavy atom. The summed E-state index contributed by atoms with van der Waals surface area (Å²) < 4.78 is 21.6. The molecule has 0 bridgehead atoms. The fourth-order valence-electron chi connectivity index (χ4n) is 2.35. The largest absolute Gasteiger partial charge is 0.497 e. The van der Waals surface area contributed by atoms with Crippen molar-refractivity contribution in [2.45, 2.75) is 19.6 Å². The number of hydrogen-bond acceptors (Lipinski definition) is 7. The fraction of sp³-hybridized carbons (Fsp3) is 0.250. The van der Waals surface area contributed by atoms with Crippen LogP contribution in [-0.4, -0.2) is 35.8 Å². The summed E-state index contributed by atoms with van der Waals surface area (Å²) >= 11 is 0. The van der Waals surface area contributed by atoms with Crippen LogP contribution in [0.2, 0.25) is 0 Å². The quantitative estimate of drug-likeness (QED) is 0.607. The molecular formula is C20H21N3O5. The number of amides is 1. The third-order valence-electron chi connectivity index (χ3n) is 3.74. The summed E-state index contributed by atoms with van der Waals surface area (Å²) in [5, 5.41) is 6.54. The molecule has 1 atom stereocenters. The van der Waals surface area contributed by atoms with E-state index in [0.29, 0.717) is 29.6 Å². The van der Waals surface area contributed by atoms with Gasteiger partial charge >= 0.3 is 0 Å². The second-order valence-corrected chi connectivity index (χ2v) is 5.97. The molecule has 28 heavy (non-hydrogen) atoms. The molecule has 0 aliphatic carbocycles. The predicted molar refractivity (Wildman–Crippen MR) is 100 cm³/mol. The molecule has 0 saturated carbocycles. The lowest BCUT2D eigenvalue weighted by Gasteiger charge is -2.14. The van der Waals surface area contributed by atoms with E-state index in [4.69, 9.17) is 18.7 Å². The van der Waals surface area contributed by atoms with E-state index in [9.17, 15) is 4.79 Å². The number of nitrogens with one attached hydrogen (secondary N) is 1. The highest BCUT2D eigenvalue weighted by atomic mass is 16.5. The number of methoxy groups -OCH3 is 1. The Labute approximate surface area is 162 Å². The smallest absolute Gasteiger partial charge is 0.273 e. The number of rotatable bonds is 9. The number of aromatic nitrogens is 2. The molecular weight excluding hydrogens is 362 g/mol. The average molecular weight is 383 g/mol. The third-order valence-corrected chi connectivity index (χ3v) is 3.74. The Morgan fingerprint density at radius 3 is 2.79 bits per heavy atom. The Balaban J connectivity index is 1.46. The molecule has 3 aromatic rings. The molecule has 0 fully saturated rings. The lowest BCUT2D eigenvalue weighted by molar-refractivity contribution is 0.0922. The molecule has 0 aliphatic rings. The molecule has 8 heteroatoms. The second kappa shape index (κ2) is 9.40. The van der Waals surface area contributed by atoms with Gasteiger partial charge in [0.15, 0.2) is 11.5 Å². The van der Waals surface area contributed by atoms with Gasteiger partial charge in [0, 0.05) is 18.3 Å². The molecule has 0 unspecified atom stereocenters. The van der Waals surface area contributed by atoms with Crippen LogP contribution in [0.25, 0.3) is 0 Å². The maximum atomic E-state index is 12.2. The average Bonchev–Trinajstić information content (AvgIpc) is 3.20. The summed E-state index contributed by atoms with van der Waals surface area (Å²) in [6.45, 7) is 2.31. The van der Waals surface area contributed by atoms with E-state index in [1.54, 1.807) is 49.8 Å². The van der Waals surface area contributed by atoms with Crippen LogP contribution in [0.15, 0.2) is 59.4 Å². The molecule has 146 valence electrons. The summed E-state index contributed by atoms with van der Waals surface area (Å²) in [7, 11) is 1.59. The van der Waals surface area contributed by atoms with E-state index < -0.39 is 0 Å². The first-order chi connectivity index (χ1) is 13.6. The number of carbonyl (C=O) groups excluding carboxylic acids is 1. The van der Waals surface area contributed by atoms with Crippen LogP contribution in [0.4, 0.5) is 0 Å². The Bertz CT molecular complexity index is 898. The zero-order valence-electron chi connectivity index (χ0n) is 15.6. The standard InChI is InChI=1S/C20H21N3O5/c1-14(27-17-7-4-8-21-12-17)11-22-20(24)19-10-18(28-23-19)13-26-16-6-3-5-15(9-16)25-2/h3-10,12,14H,11,13H2,1-2H3,(H,22,24)/t14-/m0/s1. The van der Waals surface area contributed by atoms with Gasteiger partial charge in [-0.25, -0.2) is 0 Å². The minimum absolute atomic E-state index is 0.147. The molecule has 1 amide bonds. The molecule has 8 nitrogen and oxygen atoms in total. The van der Waals surface area contributed by atoms with Crippen molar-refractivity contribution in [1.29, 1.82) is 0 Å². The summed E-state index contributed by atoms with van der Waals surface area (Å²) in [4.78, 5) is 16.2. The summed E-state index contributed by atoms with van der Waals surface area (Å²) in [6, 6.07) is 12.3. The monoisotopic (exact) mass is 383 g/mol. The van der Waals surface area contributed by atoms with Crippen LogP contribution in [0.3, 0.4) is 0 Å². The molecule has 0 aliphatic heterocycles. The van der Waals surface area contributed by atoms with Crippen LogP contribution >= 0.6 is 0 Å². The Morgan fingerprint density at radius 2 is 2.00 bits per heavy atom. The van der Waals surface area contributed by atoms with Gasteiger partial charge in [0.25, 0.3) is 5.91 Å². The number of nitrogens with zero attached hydrogens (tertiary/aromatic N) is 2.